The number of aliphatic carboxylic acids is 1. The zero-order chi connectivity index (χ0) is 14.5. The standard InChI is InChI=1S/C16H14BrFO2/c17-15-10-13(18)8-6-12(15)7-9-14(16(19)20)11-4-2-1-3-5-11/h1-6,8,10,14H,7,9H2,(H,19,20). The Kier molecular flexibility index (Phi) is 4.90. The predicted molar refractivity (Wildman–Crippen MR) is 79.2 cm³/mol. The largest absolute Gasteiger partial charge is 0.481 e. The highest BCUT2D eigenvalue weighted by Crippen LogP contribution is 2.25. The molecule has 104 valence electrons. The summed E-state index contributed by atoms with van der Waals surface area (Å²) in [6, 6.07) is 13.6. The SMILES string of the molecule is O=C(O)C(CCc1ccc(F)cc1Br)c1ccccc1. The summed E-state index contributed by atoms with van der Waals surface area (Å²) >= 11 is 3.30. The van der Waals surface area contributed by atoms with Crippen LogP contribution in [0.25, 0.3) is 0 Å². The minimum absolute atomic E-state index is 0.307. The van der Waals surface area contributed by atoms with Crippen molar-refractivity contribution < 1.29 is 14.3 Å². The van der Waals surface area contributed by atoms with Gasteiger partial charge in [0.15, 0.2) is 0 Å². The van der Waals surface area contributed by atoms with Gasteiger partial charge < -0.3 is 5.11 Å². The third-order valence-electron chi connectivity index (χ3n) is 3.22. The van der Waals surface area contributed by atoms with Crippen molar-refractivity contribution in [2.24, 2.45) is 0 Å². The molecule has 0 aliphatic heterocycles. The van der Waals surface area contributed by atoms with Gasteiger partial charge in [-0.15, -0.1) is 0 Å². The van der Waals surface area contributed by atoms with Crippen molar-refractivity contribution in [3.8, 4) is 0 Å². The highest BCUT2D eigenvalue weighted by molar-refractivity contribution is 9.10. The van der Waals surface area contributed by atoms with Crippen LogP contribution in [0.4, 0.5) is 4.39 Å². The van der Waals surface area contributed by atoms with Gasteiger partial charge in [-0.25, -0.2) is 4.39 Å². The molecule has 0 saturated heterocycles. The molecule has 1 unspecified atom stereocenters. The Hall–Kier alpha value is -1.68. The molecule has 0 radical (unpaired) electrons. The summed E-state index contributed by atoms with van der Waals surface area (Å²) in [7, 11) is 0. The molecule has 0 saturated carbocycles. The van der Waals surface area contributed by atoms with E-state index in [4.69, 9.17) is 0 Å². The number of carbonyl (C=O) groups is 1. The fraction of sp³-hybridized carbons (Fsp3) is 0.188. The minimum atomic E-state index is -0.838. The van der Waals surface area contributed by atoms with Gasteiger partial charge in [0.05, 0.1) is 5.92 Å². The molecule has 1 atom stereocenters. The first-order chi connectivity index (χ1) is 9.58. The van der Waals surface area contributed by atoms with Crippen LogP contribution in [0, 0.1) is 5.82 Å². The number of hydrogen-bond acceptors (Lipinski definition) is 1. The Morgan fingerprint density at radius 1 is 1.20 bits per heavy atom. The summed E-state index contributed by atoms with van der Waals surface area (Å²) in [5, 5.41) is 9.35. The number of halogens is 2. The first-order valence-corrected chi connectivity index (χ1v) is 7.09. The lowest BCUT2D eigenvalue weighted by molar-refractivity contribution is -0.138. The molecule has 2 rings (SSSR count). The van der Waals surface area contributed by atoms with Crippen LogP contribution in [0.3, 0.4) is 0 Å². The van der Waals surface area contributed by atoms with Crippen LogP contribution < -0.4 is 0 Å². The van der Waals surface area contributed by atoms with Crippen molar-refractivity contribution in [1.82, 2.24) is 0 Å². The third-order valence-corrected chi connectivity index (χ3v) is 3.96. The second-order valence-electron chi connectivity index (χ2n) is 4.58. The van der Waals surface area contributed by atoms with E-state index in [0.717, 1.165) is 11.1 Å². The molecule has 0 spiro atoms. The van der Waals surface area contributed by atoms with Crippen molar-refractivity contribution in [3.05, 3.63) is 69.9 Å². The molecule has 4 heteroatoms. The van der Waals surface area contributed by atoms with Gasteiger partial charge in [0.25, 0.3) is 0 Å². The smallest absolute Gasteiger partial charge is 0.310 e. The zero-order valence-corrected chi connectivity index (χ0v) is 12.3. The Bertz CT molecular complexity index is 599. The highest BCUT2D eigenvalue weighted by Gasteiger charge is 2.19. The lowest BCUT2D eigenvalue weighted by Crippen LogP contribution is -2.12. The number of hydrogen-bond donors (Lipinski definition) is 1. The topological polar surface area (TPSA) is 37.3 Å². The lowest BCUT2D eigenvalue weighted by Gasteiger charge is -2.13. The first kappa shape index (κ1) is 14.7. The lowest BCUT2D eigenvalue weighted by atomic mass is 9.92. The summed E-state index contributed by atoms with van der Waals surface area (Å²) in [5.41, 5.74) is 1.70. The molecule has 0 bridgehead atoms. The van der Waals surface area contributed by atoms with Crippen LogP contribution in [0.1, 0.15) is 23.5 Å². The summed E-state index contributed by atoms with van der Waals surface area (Å²) < 4.78 is 13.7. The molecule has 0 amide bonds. The molecule has 0 aliphatic carbocycles. The maximum Gasteiger partial charge on any atom is 0.310 e. The van der Waals surface area contributed by atoms with E-state index in [2.05, 4.69) is 15.9 Å². The number of aryl methyl sites for hydroxylation is 1. The van der Waals surface area contributed by atoms with E-state index in [-0.39, 0.29) is 5.82 Å². The monoisotopic (exact) mass is 336 g/mol. The first-order valence-electron chi connectivity index (χ1n) is 6.29. The Morgan fingerprint density at radius 3 is 2.50 bits per heavy atom. The number of carboxylic acids is 1. The quantitative estimate of drug-likeness (QED) is 0.879. The Morgan fingerprint density at radius 2 is 1.90 bits per heavy atom. The molecular weight excluding hydrogens is 323 g/mol. The van der Waals surface area contributed by atoms with Crippen molar-refractivity contribution in [3.63, 3.8) is 0 Å². The van der Waals surface area contributed by atoms with Crippen molar-refractivity contribution in [2.75, 3.05) is 0 Å². The molecule has 0 heterocycles. The van der Waals surface area contributed by atoms with E-state index in [0.29, 0.717) is 17.3 Å². The van der Waals surface area contributed by atoms with Gasteiger partial charge in [0.1, 0.15) is 5.82 Å². The molecule has 0 fully saturated rings. The number of carboxylic acid groups (broad SMARTS) is 1. The highest BCUT2D eigenvalue weighted by atomic mass is 79.9. The van der Waals surface area contributed by atoms with E-state index in [1.54, 1.807) is 6.07 Å². The molecule has 20 heavy (non-hydrogen) atoms. The maximum absolute atomic E-state index is 13.0. The van der Waals surface area contributed by atoms with Crippen molar-refractivity contribution >= 4 is 21.9 Å². The van der Waals surface area contributed by atoms with Crippen LogP contribution in [-0.2, 0) is 11.2 Å². The predicted octanol–water partition coefficient (Wildman–Crippen LogP) is 4.39. The van der Waals surface area contributed by atoms with Gasteiger partial charge in [0.2, 0.25) is 0 Å². The Labute approximate surface area is 125 Å². The molecule has 0 aliphatic rings. The van der Waals surface area contributed by atoms with Gasteiger partial charge in [-0.1, -0.05) is 52.3 Å². The minimum Gasteiger partial charge on any atom is -0.481 e. The molecule has 1 N–H and O–H groups in total. The van der Waals surface area contributed by atoms with Crippen molar-refractivity contribution in [1.29, 1.82) is 0 Å². The van der Waals surface area contributed by atoms with Crippen molar-refractivity contribution in [2.45, 2.75) is 18.8 Å². The summed E-state index contributed by atoms with van der Waals surface area (Å²) in [6.45, 7) is 0. The molecule has 0 aromatic heterocycles. The van der Waals surface area contributed by atoms with Gasteiger partial charge in [-0.2, -0.15) is 0 Å². The maximum atomic E-state index is 13.0. The van der Waals surface area contributed by atoms with Crippen LogP contribution in [-0.4, -0.2) is 11.1 Å². The van der Waals surface area contributed by atoms with Gasteiger partial charge in [-0.05, 0) is 36.1 Å². The second-order valence-corrected chi connectivity index (χ2v) is 5.43. The van der Waals surface area contributed by atoms with E-state index < -0.39 is 11.9 Å². The third kappa shape index (κ3) is 3.67. The van der Waals surface area contributed by atoms with Gasteiger partial charge >= 0.3 is 5.97 Å². The number of rotatable bonds is 5. The van der Waals surface area contributed by atoms with E-state index in [1.807, 2.05) is 30.3 Å². The van der Waals surface area contributed by atoms with E-state index >= 15 is 0 Å². The van der Waals surface area contributed by atoms with Crippen LogP contribution in [0.15, 0.2) is 53.0 Å². The molecular formula is C16H14BrFO2. The molecule has 2 aromatic carbocycles. The van der Waals surface area contributed by atoms with E-state index in [9.17, 15) is 14.3 Å². The zero-order valence-electron chi connectivity index (χ0n) is 10.7. The fourth-order valence-electron chi connectivity index (χ4n) is 2.14. The van der Waals surface area contributed by atoms with Gasteiger partial charge in [-0.3, -0.25) is 4.79 Å². The average molecular weight is 337 g/mol. The summed E-state index contributed by atoms with van der Waals surface area (Å²) in [4.78, 5) is 11.4. The normalized spacial score (nSPS) is 12.1. The Balaban J connectivity index is 2.12. The van der Waals surface area contributed by atoms with E-state index in [1.165, 1.54) is 12.1 Å². The molecule has 2 nitrogen and oxygen atoms in total. The number of benzene rings is 2. The van der Waals surface area contributed by atoms with Crippen LogP contribution in [0.5, 0.6) is 0 Å². The van der Waals surface area contributed by atoms with Gasteiger partial charge in [0, 0.05) is 4.47 Å². The van der Waals surface area contributed by atoms with Crippen LogP contribution >= 0.6 is 15.9 Å². The second kappa shape index (κ2) is 6.66. The molecule has 2 aromatic rings. The summed E-state index contributed by atoms with van der Waals surface area (Å²) in [6.07, 6.45) is 1.05. The summed E-state index contributed by atoms with van der Waals surface area (Å²) in [5.74, 6) is -1.69. The van der Waals surface area contributed by atoms with Crippen LogP contribution in [0.2, 0.25) is 0 Å². The average Bonchev–Trinajstić information content (AvgIpc) is 2.42. The fourth-order valence-corrected chi connectivity index (χ4v) is 2.69.